The number of carbonyl (C=O) groups excluding carboxylic acids is 1. The average molecular weight is 368 g/mol. The van der Waals surface area contributed by atoms with E-state index in [2.05, 4.69) is 4.72 Å². The van der Waals surface area contributed by atoms with Crippen molar-refractivity contribution in [3.05, 3.63) is 23.8 Å². The molecule has 0 aromatic heterocycles. The lowest BCUT2D eigenvalue weighted by Crippen LogP contribution is -2.41. The van der Waals surface area contributed by atoms with Crippen LogP contribution in [0.15, 0.2) is 23.1 Å². The molecule has 1 aromatic rings. The Morgan fingerprint density at radius 3 is 2.56 bits per heavy atom. The summed E-state index contributed by atoms with van der Waals surface area (Å²) in [6, 6.07) is 3.38. The molecule has 1 heterocycles. The zero-order chi connectivity index (χ0) is 18.8. The Morgan fingerprint density at radius 2 is 2.00 bits per heavy atom. The van der Waals surface area contributed by atoms with Crippen LogP contribution in [-0.2, 0) is 26.0 Å². The first-order valence-electron chi connectivity index (χ1n) is 8.34. The van der Waals surface area contributed by atoms with Crippen LogP contribution in [-0.4, -0.2) is 38.0 Å². The van der Waals surface area contributed by atoms with Gasteiger partial charge in [-0.05, 0) is 42.5 Å². The summed E-state index contributed by atoms with van der Waals surface area (Å²) in [7, 11) is -3.95. The monoisotopic (exact) mass is 368 g/mol. The number of benzene rings is 1. The topological polar surface area (TPSA) is 104 Å². The molecular formula is C17H24N2O5S. The van der Waals surface area contributed by atoms with Gasteiger partial charge < -0.3 is 10.0 Å². The van der Waals surface area contributed by atoms with E-state index in [1.807, 2.05) is 13.8 Å². The molecule has 7 nitrogen and oxygen atoms in total. The molecule has 1 atom stereocenters. The van der Waals surface area contributed by atoms with Gasteiger partial charge in [0.1, 0.15) is 6.04 Å². The van der Waals surface area contributed by atoms with Crippen LogP contribution in [0.3, 0.4) is 0 Å². The number of hydrogen-bond acceptors (Lipinski definition) is 4. The Hall–Kier alpha value is -1.93. The van der Waals surface area contributed by atoms with Crippen molar-refractivity contribution in [3.8, 4) is 0 Å². The van der Waals surface area contributed by atoms with Gasteiger partial charge in [-0.2, -0.15) is 4.72 Å². The van der Waals surface area contributed by atoms with Crippen molar-refractivity contribution in [3.63, 3.8) is 0 Å². The van der Waals surface area contributed by atoms with Gasteiger partial charge >= 0.3 is 5.97 Å². The second-order valence-corrected chi connectivity index (χ2v) is 8.30. The van der Waals surface area contributed by atoms with Gasteiger partial charge in [0, 0.05) is 18.7 Å². The van der Waals surface area contributed by atoms with Gasteiger partial charge in [-0.1, -0.05) is 20.8 Å². The van der Waals surface area contributed by atoms with E-state index in [-0.39, 0.29) is 23.1 Å². The van der Waals surface area contributed by atoms with E-state index >= 15 is 0 Å². The molecule has 0 bridgehead atoms. The maximum absolute atomic E-state index is 12.5. The van der Waals surface area contributed by atoms with E-state index in [1.54, 1.807) is 17.9 Å². The number of aliphatic carboxylic acids is 1. The van der Waals surface area contributed by atoms with Gasteiger partial charge in [0.15, 0.2) is 0 Å². The third-order valence-corrected chi connectivity index (χ3v) is 5.63. The van der Waals surface area contributed by atoms with Crippen molar-refractivity contribution in [1.29, 1.82) is 0 Å². The highest BCUT2D eigenvalue weighted by atomic mass is 32.2. The lowest BCUT2D eigenvalue weighted by atomic mass is 10.1. The van der Waals surface area contributed by atoms with Crippen molar-refractivity contribution in [1.82, 2.24) is 4.72 Å². The Morgan fingerprint density at radius 1 is 1.32 bits per heavy atom. The Kier molecular flexibility index (Phi) is 5.84. The number of fused-ring (bicyclic) bond motifs is 1. The van der Waals surface area contributed by atoms with Crippen molar-refractivity contribution in [2.75, 3.05) is 11.4 Å². The Balaban J connectivity index is 2.26. The fraction of sp³-hybridized carbons (Fsp3) is 0.529. The molecule has 138 valence electrons. The van der Waals surface area contributed by atoms with Crippen LogP contribution in [0.2, 0.25) is 0 Å². The predicted molar refractivity (Wildman–Crippen MR) is 94.0 cm³/mol. The fourth-order valence-electron chi connectivity index (χ4n) is 2.92. The highest BCUT2D eigenvalue weighted by Crippen LogP contribution is 2.30. The summed E-state index contributed by atoms with van der Waals surface area (Å²) < 4.78 is 27.4. The zero-order valence-electron chi connectivity index (χ0n) is 14.7. The fourth-order valence-corrected chi connectivity index (χ4v) is 4.17. The van der Waals surface area contributed by atoms with Gasteiger partial charge in [0.2, 0.25) is 15.9 Å². The number of carboxylic acid groups (broad SMARTS) is 1. The van der Waals surface area contributed by atoms with E-state index in [0.29, 0.717) is 19.4 Å². The summed E-state index contributed by atoms with van der Waals surface area (Å²) in [4.78, 5) is 24.9. The van der Waals surface area contributed by atoms with Crippen LogP contribution in [0.5, 0.6) is 0 Å². The SMILES string of the molecule is CCC(=O)N1CCc2cc(S(=O)(=O)N[C@H](CC(C)C)C(=O)O)ccc21. The quantitative estimate of drug-likeness (QED) is 0.763. The summed E-state index contributed by atoms with van der Waals surface area (Å²) in [6.45, 7) is 5.98. The van der Waals surface area contributed by atoms with E-state index in [1.165, 1.54) is 12.1 Å². The molecule has 8 heteroatoms. The van der Waals surface area contributed by atoms with Crippen molar-refractivity contribution >= 4 is 27.6 Å². The van der Waals surface area contributed by atoms with Crippen LogP contribution < -0.4 is 9.62 Å². The van der Waals surface area contributed by atoms with Gasteiger partial charge in [0.05, 0.1) is 4.90 Å². The van der Waals surface area contributed by atoms with Crippen molar-refractivity contribution < 1.29 is 23.1 Å². The Bertz CT molecular complexity index is 773. The molecular weight excluding hydrogens is 344 g/mol. The van der Waals surface area contributed by atoms with Crippen LogP contribution in [0, 0.1) is 5.92 Å². The molecule has 0 aliphatic carbocycles. The van der Waals surface area contributed by atoms with Crippen LogP contribution >= 0.6 is 0 Å². The van der Waals surface area contributed by atoms with Crippen molar-refractivity contribution in [2.24, 2.45) is 5.92 Å². The lowest BCUT2D eigenvalue weighted by Gasteiger charge is -2.18. The molecule has 2 N–H and O–H groups in total. The van der Waals surface area contributed by atoms with Gasteiger partial charge in [-0.3, -0.25) is 9.59 Å². The van der Waals surface area contributed by atoms with Crippen LogP contribution in [0.4, 0.5) is 5.69 Å². The lowest BCUT2D eigenvalue weighted by molar-refractivity contribution is -0.139. The molecule has 2 rings (SSSR count). The van der Waals surface area contributed by atoms with E-state index in [0.717, 1.165) is 11.3 Å². The molecule has 0 radical (unpaired) electrons. The normalized spacial score (nSPS) is 15.3. The number of nitrogens with zero attached hydrogens (tertiary/aromatic N) is 1. The standard InChI is InChI=1S/C17H24N2O5S/c1-4-16(20)19-8-7-12-10-13(5-6-15(12)19)25(23,24)18-14(17(21)22)9-11(2)3/h5-6,10-11,14,18H,4,7-9H2,1-3H3,(H,21,22)/t14-/m1/s1. The Labute approximate surface area is 148 Å². The number of rotatable bonds is 7. The van der Waals surface area contributed by atoms with Crippen molar-refractivity contribution in [2.45, 2.75) is 51.0 Å². The molecule has 1 amide bonds. The second kappa shape index (κ2) is 7.53. The number of hydrogen-bond donors (Lipinski definition) is 2. The summed E-state index contributed by atoms with van der Waals surface area (Å²) in [5.74, 6) is -1.16. The maximum Gasteiger partial charge on any atom is 0.321 e. The molecule has 1 aromatic carbocycles. The number of nitrogens with one attached hydrogen (secondary N) is 1. The third-order valence-electron chi connectivity index (χ3n) is 4.16. The van der Waals surface area contributed by atoms with Crippen LogP contribution in [0.25, 0.3) is 0 Å². The average Bonchev–Trinajstić information content (AvgIpc) is 2.95. The predicted octanol–water partition coefficient (Wildman–Crippen LogP) is 1.76. The van der Waals surface area contributed by atoms with E-state index < -0.39 is 22.0 Å². The van der Waals surface area contributed by atoms with Crippen LogP contribution in [0.1, 0.15) is 39.2 Å². The molecule has 1 aliphatic heterocycles. The highest BCUT2D eigenvalue weighted by Gasteiger charge is 2.29. The van der Waals surface area contributed by atoms with E-state index in [4.69, 9.17) is 0 Å². The number of carboxylic acids is 1. The summed E-state index contributed by atoms with van der Waals surface area (Å²) in [5, 5.41) is 9.24. The van der Waals surface area contributed by atoms with Gasteiger partial charge in [-0.15, -0.1) is 0 Å². The maximum atomic E-state index is 12.5. The largest absolute Gasteiger partial charge is 0.480 e. The molecule has 1 aliphatic rings. The number of amides is 1. The summed E-state index contributed by atoms with van der Waals surface area (Å²) >= 11 is 0. The highest BCUT2D eigenvalue weighted by molar-refractivity contribution is 7.89. The second-order valence-electron chi connectivity index (χ2n) is 6.58. The summed E-state index contributed by atoms with van der Waals surface area (Å²) in [6.07, 6.45) is 1.17. The van der Waals surface area contributed by atoms with Gasteiger partial charge in [0.25, 0.3) is 0 Å². The smallest absolute Gasteiger partial charge is 0.321 e. The summed E-state index contributed by atoms with van der Waals surface area (Å²) in [5.41, 5.74) is 1.50. The first-order valence-corrected chi connectivity index (χ1v) is 9.82. The zero-order valence-corrected chi connectivity index (χ0v) is 15.5. The molecule has 25 heavy (non-hydrogen) atoms. The third kappa shape index (κ3) is 4.38. The number of anilines is 1. The first kappa shape index (κ1) is 19.4. The molecule has 0 unspecified atom stereocenters. The number of carbonyl (C=O) groups is 2. The minimum atomic E-state index is -3.95. The molecule has 0 saturated carbocycles. The molecule has 0 saturated heterocycles. The molecule has 0 spiro atoms. The van der Waals surface area contributed by atoms with E-state index in [9.17, 15) is 23.1 Å². The minimum absolute atomic E-state index is 0.00430. The van der Waals surface area contributed by atoms with Gasteiger partial charge in [-0.25, -0.2) is 8.42 Å². The minimum Gasteiger partial charge on any atom is -0.480 e. The number of sulfonamides is 1. The first-order chi connectivity index (χ1) is 11.7. The molecule has 0 fully saturated rings.